The minimum Gasteiger partial charge on any atom is -0.494 e. The summed E-state index contributed by atoms with van der Waals surface area (Å²) >= 11 is 0. The van der Waals surface area contributed by atoms with E-state index >= 15 is 0 Å². The van der Waals surface area contributed by atoms with E-state index in [0.717, 1.165) is 46.5 Å². The van der Waals surface area contributed by atoms with Gasteiger partial charge in [0.05, 0.1) is 29.9 Å². The van der Waals surface area contributed by atoms with Crippen LogP contribution in [0.5, 0.6) is 5.75 Å². The molecule has 0 fully saturated rings. The SMILES string of the molecule is COc1cc(N(C)CCN(C)C)c(NC=O)cc1Nc1ncc(C)c(-c2c[nH]c3ccccc23)n1. The first-order chi connectivity index (χ1) is 16.9. The summed E-state index contributed by atoms with van der Waals surface area (Å²) in [6, 6.07) is 11.9. The van der Waals surface area contributed by atoms with Crippen molar-refractivity contribution in [2.75, 3.05) is 56.9 Å². The first-order valence-corrected chi connectivity index (χ1v) is 11.4. The number of fused-ring (bicyclic) bond motifs is 1. The van der Waals surface area contributed by atoms with Gasteiger partial charge in [-0.25, -0.2) is 9.97 Å². The number of likely N-dealkylation sites (N-methyl/N-ethyl adjacent to an activating group) is 2. The summed E-state index contributed by atoms with van der Waals surface area (Å²) in [6.45, 7) is 3.64. The van der Waals surface area contributed by atoms with Gasteiger partial charge in [-0.3, -0.25) is 4.79 Å². The van der Waals surface area contributed by atoms with Gasteiger partial charge < -0.3 is 30.2 Å². The molecule has 0 aliphatic heterocycles. The Morgan fingerprint density at radius 2 is 1.91 bits per heavy atom. The highest BCUT2D eigenvalue weighted by Gasteiger charge is 2.17. The van der Waals surface area contributed by atoms with E-state index < -0.39 is 0 Å². The van der Waals surface area contributed by atoms with E-state index in [0.29, 0.717) is 29.5 Å². The number of carbonyl (C=O) groups excluding carboxylic acids is 1. The molecular weight excluding hydrogens is 442 g/mol. The van der Waals surface area contributed by atoms with Gasteiger partial charge in [0, 0.05) is 55.1 Å². The van der Waals surface area contributed by atoms with E-state index in [1.54, 1.807) is 13.3 Å². The number of aromatic amines is 1. The Hall–Kier alpha value is -4.11. The van der Waals surface area contributed by atoms with Crippen LogP contribution in [0.4, 0.5) is 23.0 Å². The summed E-state index contributed by atoms with van der Waals surface area (Å²) in [5.74, 6) is 1.05. The molecule has 2 aromatic heterocycles. The van der Waals surface area contributed by atoms with Gasteiger partial charge in [0.1, 0.15) is 5.75 Å². The van der Waals surface area contributed by atoms with Crippen molar-refractivity contribution in [2.24, 2.45) is 0 Å². The summed E-state index contributed by atoms with van der Waals surface area (Å²) in [7, 11) is 7.65. The average molecular weight is 474 g/mol. The highest BCUT2D eigenvalue weighted by molar-refractivity contribution is 5.95. The van der Waals surface area contributed by atoms with Gasteiger partial charge in [0.15, 0.2) is 0 Å². The van der Waals surface area contributed by atoms with Crippen LogP contribution in [0.2, 0.25) is 0 Å². The second-order valence-electron chi connectivity index (χ2n) is 8.65. The molecule has 35 heavy (non-hydrogen) atoms. The van der Waals surface area contributed by atoms with Crippen molar-refractivity contribution < 1.29 is 9.53 Å². The third kappa shape index (κ3) is 5.20. The summed E-state index contributed by atoms with van der Waals surface area (Å²) in [5, 5.41) is 7.18. The topological polar surface area (TPSA) is 98.4 Å². The first-order valence-electron chi connectivity index (χ1n) is 11.4. The standard InChI is InChI=1S/C26H31N7O2/c1-17-14-28-26(31-25(17)19-15-27-20-9-7-6-8-18(19)20)30-22-12-21(29-16-34)23(13-24(22)35-5)33(4)11-10-32(2)3/h6-9,12-16,27H,10-11H2,1-5H3,(H,29,34)(H,28,30,31). The molecule has 0 aliphatic carbocycles. The Morgan fingerprint density at radius 3 is 2.66 bits per heavy atom. The molecule has 0 radical (unpaired) electrons. The van der Waals surface area contributed by atoms with Crippen molar-refractivity contribution in [2.45, 2.75) is 6.92 Å². The van der Waals surface area contributed by atoms with Crippen molar-refractivity contribution in [3.63, 3.8) is 0 Å². The molecule has 4 aromatic rings. The Balaban J connectivity index is 1.70. The fourth-order valence-electron chi connectivity index (χ4n) is 3.96. The number of aryl methyl sites for hydroxylation is 1. The number of aromatic nitrogens is 3. The first kappa shape index (κ1) is 24.0. The van der Waals surface area contributed by atoms with Gasteiger partial charge in [-0.05, 0) is 38.7 Å². The predicted molar refractivity (Wildman–Crippen MR) is 142 cm³/mol. The maximum absolute atomic E-state index is 11.3. The second kappa shape index (κ2) is 10.4. The molecule has 0 saturated heterocycles. The molecular formula is C26H31N7O2. The fraction of sp³-hybridized carbons (Fsp3) is 0.269. The highest BCUT2D eigenvalue weighted by Crippen LogP contribution is 2.38. The lowest BCUT2D eigenvalue weighted by atomic mass is 10.1. The molecule has 0 bridgehead atoms. The molecule has 0 aliphatic rings. The summed E-state index contributed by atoms with van der Waals surface area (Å²) in [5.41, 5.74) is 6.03. The molecule has 9 nitrogen and oxygen atoms in total. The lowest BCUT2D eigenvalue weighted by Crippen LogP contribution is -2.29. The van der Waals surface area contributed by atoms with Gasteiger partial charge in [0.2, 0.25) is 12.4 Å². The summed E-state index contributed by atoms with van der Waals surface area (Å²) < 4.78 is 5.67. The van der Waals surface area contributed by atoms with Crippen LogP contribution < -0.4 is 20.3 Å². The van der Waals surface area contributed by atoms with Crippen molar-refractivity contribution in [1.82, 2.24) is 19.9 Å². The Kier molecular flexibility index (Phi) is 7.17. The van der Waals surface area contributed by atoms with Gasteiger partial charge in [0.25, 0.3) is 0 Å². The molecule has 1 amide bonds. The number of amides is 1. The van der Waals surface area contributed by atoms with Crippen LogP contribution in [-0.2, 0) is 4.79 Å². The minimum absolute atomic E-state index is 0.431. The lowest BCUT2D eigenvalue weighted by molar-refractivity contribution is -0.105. The number of anilines is 4. The molecule has 9 heteroatoms. The number of H-pyrrole nitrogens is 1. The van der Waals surface area contributed by atoms with E-state index in [2.05, 4.69) is 36.5 Å². The molecule has 3 N–H and O–H groups in total. The third-order valence-corrected chi connectivity index (χ3v) is 5.89. The summed E-state index contributed by atoms with van der Waals surface area (Å²) in [6.07, 6.45) is 4.44. The van der Waals surface area contributed by atoms with Gasteiger partial charge in [-0.15, -0.1) is 0 Å². The number of nitrogens with one attached hydrogen (secondary N) is 3. The number of hydrogen-bond acceptors (Lipinski definition) is 7. The minimum atomic E-state index is 0.431. The Morgan fingerprint density at radius 1 is 1.11 bits per heavy atom. The van der Waals surface area contributed by atoms with Crippen molar-refractivity contribution in [1.29, 1.82) is 0 Å². The zero-order valence-corrected chi connectivity index (χ0v) is 20.7. The highest BCUT2D eigenvalue weighted by atomic mass is 16.5. The van der Waals surface area contributed by atoms with Crippen LogP contribution in [0.3, 0.4) is 0 Å². The van der Waals surface area contributed by atoms with Crippen LogP contribution in [0.15, 0.2) is 48.8 Å². The number of methoxy groups -OCH3 is 1. The monoisotopic (exact) mass is 473 g/mol. The van der Waals surface area contributed by atoms with Crippen molar-refractivity contribution in [3.8, 4) is 17.0 Å². The Bertz CT molecular complexity index is 1330. The predicted octanol–water partition coefficient (Wildman–Crippen LogP) is 4.25. The van der Waals surface area contributed by atoms with Crippen LogP contribution >= 0.6 is 0 Å². The van der Waals surface area contributed by atoms with Crippen LogP contribution in [-0.4, -0.2) is 67.6 Å². The number of nitrogens with zero attached hydrogens (tertiary/aromatic N) is 4. The van der Waals surface area contributed by atoms with Crippen molar-refractivity contribution in [3.05, 3.63) is 54.4 Å². The molecule has 0 atom stereocenters. The Labute approximate surface area is 205 Å². The summed E-state index contributed by atoms with van der Waals surface area (Å²) in [4.78, 5) is 28.1. The number of hydrogen-bond donors (Lipinski definition) is 3. The number of carbonyl (C=O) groups is 1. The fourth-order valence-corrected chi connectivity index (χ4v) is 3.96. The van der Waals surface area contributed by atoms with E-state index in [1.807, 2.05) is 64.6 Å². The van der Waals surface area contributed by atoms with Crippen molar-refractivity contribution >= 4 is 40.3 Å². The molecule has 182 valence electrons. The molecule has 0 saturated carbocycles. The van der Waals surface area contributed by atoms with Crippen LogP contribution in [0.1, 0.15) is 5.56 Å². The largest absolute Gasteiger partial charge is 0.494 e. The molecule has 2 heterocycles. The number of para-hydroxylation sites is 1. The van der Waals surface area contributed by atoms with Gasteiger partial charge in [-0.2, -0.15) is 0 Å². The normalized spacial score (nSPS) is 11.0. The zero-order chi connectivity index (χ0) is 24.9. The molecule has 0 spiro atoms. The van der Waals surface area contributed by atoms with Gasteiger partial charge in [-0.1, -0.05) is 18.2 Å². The zero-order valence-electron chi connectivity index (χ0n) is 20.7. The second-order valence-corrected chi connectivity index (χ2v) is 8.65. The maximum Gasteiger partial charge on any atom is 0.227 e. The van der Waals surface area contributed by atoms with Crippen LogP contribution in [0.25, 0.3) is 22.2 Å². The molecule has 4 rings (SSSR count). The quantitative estimate of drug-likeness (QED) is 0.296. The van der Waals surface area contributed by atoms with E-state index in [1.165, 1.54) is 0 Å². The molecule has 2 aromatic carbocycles. The van der Waals surface area contributed by atoms with Crippen LogP contribution in [0, 0.1) is 6.92 Å². The number of ether oxygens (including phenoxy) is 1. The number of rotatable bonds is 10. The van der Waals surface area contributed by atoms with E-state index in [9.17, 15) is 4.79 Å². The smallest absolute Gasteiger partial charge is 0.227 e. The van der Waals surface area contributed by atoms with Gasteiger partial charge >= 0.3 is 0 Å². The average Bonchev–Trinajstić information content (AvgIpc) is 3.28. The van der Waals surface area contributed by atoms with E-state index in [-0.39, 0.29) is 0 Å². The maximum atomic E-state index is 11.3. The van der Waals surface area contributed by atoms with E-state index in [4.69, 9.17) is 9.72 Å². The third-order valence-electron chi connectivity index (χ3n) is 5.89. The lowest BCUT2D eigenvalue weighted by Gasteiger charge is -2.25. The molecule has 0 unspecified atom stereocenters. The number of benzene rings is 2.